The number of benzene rings is 1. The van der Waals surface area contributed by atoms with Gasteiger partial charge in [0.05, 0.1) is 17.3 Å². The molecule has 1 saturated heterocycles. The molecule has 23 heavy (non-hydrogen) atoms. The van der Waals surface area contributed by atoms with E-state index in [0.29, 0.717) is 23.5 Å². The number of hydrogen-bond acceptors (Lipinski definition) is 4. The van der Waals surface area contributed by atoms with E-state index in [-0.39, 0.29) is 11.9 Å². The predicted octanol–water partition coefficient (Wildman–Crippen LogP) is 1.82. The molecule has 6 nitrogen and oxygen atoms in total. The van der Waals surface area contributed by atoms with Crippen LogP contribution in [-0.4, -0.2) is 35.2 Å². The van der Waals surface area contributed by atoms with E-state index in [0.717, 1.165) is 19.4 Å². The molecule has 2 N–H and O–H groups in total. The van der Waals surface area contributed by atoms with Crippen LogP contribution in [0.3, 0.4) is 0 Å². The molecule has 1 atom stereocenters. The molecule has 1 amide bonds. The lowest BCUT2D eigenvalue weighted by molar-refractivity contribution is 0.0928. The second-order valence-electron chi connectivity index (χ2n) is 5.51. The molecule has 1 aliphatic heterocycles. The van der Waals surface area contributed by atoms with Gasteiger partial charge in [0.2, 0.25) is 0 Å². The third-order valence-electron chi connectivity index (χ3n) is 3.92. The van der Waals surface area contributed by atoms with Crippen molar-refractivity contribution < 1.29 is 9.18 Å². The van der Waals surface area contributed by atoms with Gasteiger partial charge in [-0.05, 0) is 37.1 Å². The molecule has 3 rings (SSSR count). The van der Waals surface area contributed by atoms with E-state index < -0.39 is 5.82 Å². The molecule has 2 aromatic rings. The predicted molar refractivity (Wildman–Crippen MR) is 82.4 cm³/mol. The molecular weight excluding hydrogens is 297 g/mol. The normalized spacial score (nSPS) is 17.6. The van der Waals surface area contributed by atoms with Gasteiger partial charge in [0.1, 0.15) is 11.5 Å². The SMILES string of the molecule is N#Cc1ccc(N2CCC[C@@H](NC(=O)c3ccn[nH]3)C2)c(F)c1. The van der Waals surface area contributed by atoms with Gasteiger partial charge in [0.25, 0.3) is 5.91 Å². The van der Waals surface area contributed by atoms with E-state index in [1.165, 1.54) is 12.3 Å². The van der Waals surface area contributed by atoms with E-state index in [1.54, 1.807) is 18.2 Å². The van der Waals surface area contributed by atoms with Gasteiger partial charge in [-0.2, -0.15) is 10.4 Å². The maximum absolute atomic E-state index is 14.1. The Balaban J connectivity index is 1.69. The molecule has 0 spiro atoms. The van der Waals surface area contributed by atoms with Gasteiger partial charge in [-0.15, -0.1) is 0 Å². The van der Waals surface area contributed by atoms with Crippen molar-refractivity contribution in [3.05, 3.63) is 47.5 Å². The molecule has 1 aliphatic rings. The Hall–Kier alpha value is -2.88. The number of aromatic nitrogens is 2. The Kier molecular flexibility index (Phi) is 4.24. The highest BCUT2D eigenvalue weighted by Gasteiger charge is 2.24. The zero-order valence-corrected chi connectivity index (χ0v) is 12.4. The first-order chi connectivity index (χ1) is 11.2. The molecule has 0 bridgehead atoms. The molecule has 1 aromatic heterocycles. The fourth-order valence-electron chi connectivity index (χ4n) is 2.79. The topological polar surface area (TPSA) is 84.8 Å². The molecule has 1 fully saturated rings. The summed E-state index contributed by atoms with van der Waals surface area (Å²) < 4.78 is 14.1. The molecule has 7 heteroatoms. The number of carbonyl (C=O) groups excluding carboxylic acids is 1. The van der Waals surface area contributed by atoms with Crippen molar-refractivity contribution in [3.63, 3.8) is 0 Å². The number of piperidine rings is 1. The van der Waals surface area contributed by atoms with Gasteiger partial charge in [0.15, 0.2) is 0 Å². The van der Waals surface area contributed by atoms with Crippen molar-refractivity contribution in [3.8, 4) is 6.07 Å². The molecular formula is C16H16FN5O. The van der Waals surface area contributed by atoms with Crippen LogP contribution in [0.4, 0.5) is 10.1 Å². The van der Waals surface area contributed by atoms with Crippen LogP contribution in [0.1, 0.15) is 28.9 Å². The Morgan fingerprint density at radius 1 is 1.48 bits per heavy atom. The molecule has 2 heterocycles. The van der Waals surface area contributed by atoms with E-state index in [4.69, 9.17) is 5.26 Å². The molecule has 118 valence electrons. The summed E-state index contributed by atoms with van der Waals surface area (Å²) in [4.78, 5) is 14.0. The zero-order valence-electron chi connectivity index (χ0n) is 12.4. The van der Waals surface area contributed by atoms with Gasteiger partial charge in [-0.25, -0.2) is 4.39 Å². The van der Waals surface area contributed by atoms with Gasteiger partial charge in [-0.3, -0.25) is 9.89 Å². The van der Waals surface area contributed by atoms with Crippen LogP contribution in [-0.2, 0) is 0 Å². The van der Waals surface area contributed by atoms with Gasteiger partial charge >= 0.3 is 0 Å². The second kappa shape index (κ2) is 6.48. The number of amides is 1. The van der Waals surface area contributed by atoms with Crippen LogP contribution >= 0.6 is 0 Å². The first-order valence-corrected chi connectivity index (χ1v) is 7.42. The lowest BCUT2D eigenvalue weighted by Crippen LogP contribution is -2.48. The highest BCUT2D eigenvalue weighted by molar-refractivity contribution is 5.92. The molecule has 0 saturated carbocycles. The number of nitrogens with one attached hydrogen (secondary N) is 2. The van der Waals surface area contributed by atoms with Gasteiger partial charge in [-0.1, -0.05) is 0 Å². The second-order valence-corrected chi connectivity index (χ2v) is 5.51. The monoisotopic (exact) mass is 313 g/mol. The zero-order chi connectivity index (χ0) is 16.2. The number of anilines is 1. The number of hydrogen-bond donors (Lipinski definition) is 2. The lowest BCUT2D eigenvalue weighted by Gasteiger charge is -2.34. The number of nitrogens with zero attached hydrogens (tertiary/aromatic N) is 3. The number of nitriles is 1. The van der Waals surface area contributed by atoms with Crippen LogP contribution < -0.4 is 10.2 Å². The van der Waals surface area contributed by atoms with Crippen LogP contribution in [0.5, 0.6) is 0 Å². The number of H-pyrrole nitrogens is 1. The third kappa shape index (κ3) is 3.31. The summed E-state index contributed by atoms with van der Waals surface area (Å²) in [6.07, 6.45) is 3.22. The first-order valence-electron chi connectivity index (χ1n) is 7.42. The average molecular weight is 313 g/mol. The van der Waals surface area contributed by atoms with Crippen LogP contribution in [0.2, 0.25) is 0 Å². The maximum atomic E-state index is 14.1. The smallest absolute Gasteiger partial charge is 0.269 e. The summed E-state index contributed by atoms with van der Waals surface area (Å²) in [5.74, 6) is -0.626. The summed E-state index contributed by atoms with van der Waals surface area (Å²) in [5, 5.41) is 18.1. The van der Waals surface area contributed by atoms with Crippen molar-refractivity contribution in [2.24, 2.45) is 0 Å². The number of carbonyl (C=O) groups is 1. The fraction of sp³-hybridized carbons (Fsp3) is 0.312. The Morgan fingerprint density at radius 3 is 3.04 bits per heavy atom. The van der Waals surface area contributed by atoms with Gasteiger partial charge < -0.3 is 10.2 Å². The summed E-state index contributed by atoms with van der Waals surface area (Å²) >= 11 is 0. The maximum Gasteiger partial charge on any atom is 0.269 e. The van der Waals surface area contributed by atoms with Crippen molar-refractivity contribution in [1.82, 2.24) is 15.5 Å². The quantitative estimate of drug-likeness (QED) is 0.905. The summed E-state index contributed by atoms with van der Waals surface area (Å²) in [5.41, 5.74) is 1.17. The van der Waals surface area contributed by atoms with Crippen molar-refractivity contribution >= 4 is 11.6 Å². The third-order valence-corrected chi connectivity index (χ3v) is 3.92. The number of aromatic amines is 1. The van der Waals surface area contributed by atoms with Crippen molar-refractivity contribution in [2.75, 3.05) is 18.0 Å². The summed E-state index contributed by atoms with van der Waals surface area (Å²) in [6.45, 7) is 1.25. The summed E-state index contributed by atoms with van der Waals surface area (Å²) in [7, 11) is 0. The highest BCUT2D eigenvalue weighted by atomic mass is 19.1. The Morgan fingerprint density at radius 2 is 2.35 bits per heavy atom. The van der Waals surface area contributed by atoms with E-state index >= 15 is 0 Å². The fourth-order valence-corrected chi connectivity index (χ4v) is 2.79. The minimum absolute atomic E-state index is 0.0606. The first kappa shape index (κ1) is 15.0. The van der Waals surface area contributed by atoms with Crippen LogP contribution in [0.25, 0.3) is 0 Å². The molecule has 0 aliphatic carbocycles. The standard InChI is InChI=1S/C16H16FN5O/c17-13-8-11(9-18)3-4-15(13)22-7-1-2-12(10-22)20-16(23)14-5-6-19-21-14/h3-6,8,12H,1-2,7,10H2,(H,19,21)(H,20,23)/t12-/m1/s1. The largest absolute Gasteiger partial charge is 0.367 e. The van der Waals surface area contributed by atoms with E-state index in [2.05, 4.69) is 15.5 Å². The van der Waals surface area contributed by atoms with Crippen LogP contribution in [0.15, 0.2) is 30.5 Å². The van der Waals surface area contributed by atoms with Crippen LogP contribution in [0, 0.1) is 17.1 Å². The van der Waals surface area contributed by atoms with Crippen molar-refractivity contribution in [2.45, 2.75) is 18.9 Å². The van der Waals surface area contributed by atoms with E-state index in [1.807, 2.05) is 11.0 Å². The lowest BCUT2D eigenvalue weighted by atomic mass is 10.0. The van der Waals surface area contributed by atoms with E-state index in [9.17, 15) is 9.18 Å². The molecule has 0 radical (unpaired) electrons. The highest BCUT2D eigenvalue weighted by Crippen LogP contribution is 2.24. The van der Waals surface area contributed by atoms with Gasteiger partial charge in [0, 0.05) is 25.3 Å². The number of rotatable bonds is 3. The minimum Gasteiger partial charge on any atom is -0.367 e. The Bertz CT molecular complexity index is 737. The summed E-state index contributed by atoms with van der Waals surface area (Å²) in [6, 6.07) is 7.93. The number of halogens is 1. The average Bonchev–Trinajstić information content (AvgIpc) is 3.09. The molecule has 0 unspecified atom stereocenters. The minimum atomic E-state index is -0.412. The molecule has 1 aromatic carbocycles. The Labute approximate surface area is 132 Å². The van der Waals surface area contributed by atoms with Crippen molar-refractivity contribution in [1.29, 1.82) is 5.26 Å².